The van der Waals surface area contributed by atoms with E-state index in [0.29, 0.717) is 17.9 Å². The average molecular weight is 544 g/mol. The van der Waals surface area contributed by atoms with Gasteiger partial charge < -0.3 is 25.4 Å². The second-order valence-electron chi connectivity index (χ2n) is 10.9. The van der Waals surface area contributed by atoms with Crippen LogP contribution < -0.4 is 20.7 Å². The second kappa shape index (κ2) is 13.2. The molecule has 0 bridgehead atoms. The third-order valence-electron chi connectivity index (χ3n) is 6.42. The summed E-state index contributed by atoms with van der Waals surface area (Å²) in [6.07, 6.45) is 0.703. The molecule has 40 heavy (non-hydrogen) atoms. The van der Waals surface area contributed by atoms with Crippen LogP contribution in [0.4, 0.5) is 4.79 Å². The van der Waals surface area contributed by atoms with E-state index in [1.165, 1.54) is 0 Å². The number of amides is 3. The highest BCUT2D eigenvalue weighted by Crippen LogP contribution is 2.41. The third-order valence-corrected chi connectivity index (χ3v) is 6.42. The van der Waals surface area contributed by atoms with Crippen LogP contribution in [0.1, 0.15) is 61.0 Å². The van der Waals surface area contributed by atoms with Crippen LogP contribution in [-0.2, 0) is 16.1 Å². The van der Waals surface area contributed by atoms with E-state index in [1.54, 1.807) is 24.3 Å². The number of carbonyl (C=O) groups is 3. The van der Waals surface area contributed by atoms with E-state index >= 15 is 0 Å². The topological polar surface area (TPSA) is 106 Å². The Morgan fingerprint density at radius 1 is 0.925 bits per heavy atom. The maximum absolute atomic E-state index is 13.1. The smallest absolute Gasteiger partial charge is 0.407 e. The van der Waals surface area contributed by atoms with Crippen LogP contribution in [0, 0.1) is 0 Å². The van der Waals surface area contributed by atoms with Crippen molar-refractivity contribution in [2.75, 3.05) is 6.61 Å². The van der Waals surface area contributed by atoms with E-state index in [-0.39, 0.29) is 36.8 Å². The van der Waals surface area contributed by atoms with E-state index < -0.39 is 17.7 Å². The summed E-state index contributed by atoms with van der Waals surface area (Å²) in [5.41, 5.74) is 1.97. The minimum atomic E-state index is -0.773. The fourth-order valence-corrected chi connectivity index (χ4v) is 4.32. The average Bonchev–Trinajstić information content (AvgIpc) is 3.70. The second-order valence-corrected chi connectivity index (χ2v) is 10.9. The van der Waals surface area contributed by atoms with Gasteiger partial charge in [-0.1, -0.05) is 60.7 Å². The Hall–Kier alpha value is -4.33. The molecule has 0 spiro atoms. The first-order valence-corrected chi connectivity index (χ1v) is 13.6. The quantitative estimate of drug-likeness (QED) is 0.317. The molecule has 210 valence electrons. The summed E-state index contributed by atoms with van der Waals surface area (Å²) in [4.78, 5) is 38.0. The van der Waals surface area contributed by atoms with Crippen molar-refractivity contribution in [3.05, 3.63) is 102 Å². The van der Waals surface area contributed by atoms with Crippen molar-refractivity contribution >= 4 is 17.9 Å². The number of alkyl carbamates (subject to hydrolysis) is 1. The van der Waals surface area contributed by atoms with Crippen LogP contribution in [0.15, 0.2) is 84.9 Å². The molecule has 3 aromatic carbocycles. The molecule has 1 saturated carbocycles. The van der Waals surface area contributed by atoms with Crippen molar-refractivity contribution in [3.8, 4) is 5.75 Å². The fourth-order valence-electron chi connectivity index (χ4n) is 4.32. The lowest BCUT2D eigenvalue weighted by Crippen LogP contribution is -2.47. The number of hydrogen-bond donors (Lipinski definition) is 3. The van der Waals surface area contributed by atoms with E-state index in [2.05, 4.69) is 16.0 Å². The van der Waals surface area contributed by atoms with E-state index in [1.807, 2.05) is 81.4 Å². The highest BCUT2D eigenvalue weighted by molar-refractivity contribution is 5.97. The van der Waals surface area contributed by atoms with Gasteiger partial charge in [0.15, 0.2) is 0 Å². The first-order valence-electron chi connectivity index (χ1n) is 13.6. The molecule has 0 radical (unpaired) electrons. The maximum atomic E-state index is 13.1. The van der Waals surface area contributed by atoms with Gasteiger partial charge >= 0.3 is 6.09 Å². The Kier molecular flexibility index (Phi) is 9.43. The summed E-state index contributed by atoms with van der Waals surface area (Å²) in [7, 11) is 0. The molecule has 1 aliphatic rings. The molecule has 1 fully saturated rings. The van der Waals surface area contributed by atoms with Gasteiger partial charge in [0.25, 0.3) is 5.91 Å². The molecule has 3 aromatic rings. The molecule has 0 aliphatic heterocycles. The molecule has 3 unspecified atom stereocenters. The summed E-state index contributed by atoms with van der Waals surface area (Å²) < 4.78 is 11.3. The lowest BCUT2D eigenvalue weighted by atomic mass is 10.1. The normalized spacial score (nSPS) is 16.8. The lowest BCUT2D eigenvalue weighted by molar-refractivity contribution is -0.123. The van der Waals surface area contributed by atoms with Gasteiger partial charge in [0.05, 0.1) is 6.61 Å². The molecule has 3 N–H and O–H groups in total. The molecule has 1 aliphatic carbocycles. The van der Waals surface area contributed by atoms with Crippen molar-refractivity contribution < 1.29 is 23.9 Å². The summed E-state index contributed by atoms with van der Waals surface area (Å²) in [6.45, 7) is 6.10. The zero-order valence-corrected chi connectivity index (χ0v) is 23.2. The minimum Gasteiger partial charge on any atom is -0.493 e. The fraction of sp³-hybridized carbons (Fsp3) is 0.344. The number of ether oxygens (including phenoxy) is 2. The van der Waals surface area contributed by atoms with Crippen molar-refractivity contribution in [3.63, 3.8) is 0 Å². The van der Waals surface area contributed by atoms with Crippen molar-refractivity contribution in [2.45, 2.75) is 63.8 Å². The van der Waals surface area contributed by atoms with Gasteiger partial charge in [-0.15, -0.1) is 0 Å². The highest BCUT2D eigenvalue weighted by Gasteiger charge is 2.40. The zero-order valence-electron chi connectivity index (χ0n) is 23.2. The molecular weight excluding hydrogens is 506 g/mol. The number of hydrogen-bond acceptors (Lipinski definition) is 5. The largest absolute Gasteiger partial charge is 0.493 e. The van der Waals surface area contributed by atoms with Gasteiger partial charge in [0.2, 0.25) is 5.91 Å². The zero-order chi connectivity index (χ0) is 28.5. The van der Waals surface area contributed by atoms with Crippen LogP contribution in [0.2, 0.25) is 0 Å². The SMILES string of the molecule is CC(C)(C)OC(=O)NC1CC1c1cccc(OCCC(NC(=O)c2ccccc2)C(=O)NCc2ccccc2)c1. The molecular formula is C32H37N3O5. The first-order chi connectivity index (χ1) is 19.2. The van der Waals surface area contributed by atoms with Gasteiger partial charge in [0, 0.05) is 30.5 Å². The summed E-state index contributed by atoms with van der Waals surface area (Å²) in [6, 6.07) is 25.4. The predicted molar refractivity (Wildman–Crippen MR) is 153 cm³/mol. The molecule has 8 heteroatoms. The van der Waals surface area contributed by atoms with Crippen LogP contribution in [0.25, 0.3) is 0 Å². The highest BCUT2D eigenvalue weighted by atomic mass is 16.6. The van der Waals surface area contributed by atoms with Crippen LogP contribution in [0.3, 0.4) is 0 Å². The van der Waals surface area contributed by atoms with Crippen molar-refractivity contribution in [1.82, 2.24) is 16.0 Å². The Balaban J connectivity index is 1.32. The Bertz CT molecular complexity index is 1290. The molecule has 8 nitrogen and oxygen atoms in total. The van der Waals surface area contributed by atoms with Crippen LogP contribution >= 0.6 is 0 Å². The van der Waals surface area contributed by atoms with Gasteiger partial charge in [-0.05, 0) is 62.6 Å². The van der Waals surface area contributed by atoms with Gasteiger partial charge in [0.1, 0.15) is 17.4 Å². The summed E-state index contributed by atoms with van der Waals surface area (Å²) >= 11 is 0. The molecule has 0 saturated heterocycles. The molecule has 3 atom stereocenters. The number of rotatable bonds is 11. The molecule has 3 amide bonds. The van der Waals surface area contributed by atoms with Crippen molar-refractivity contribution in [2.24, 2.45) is 0 Å². The van der Waals surface area contributed by atoms with Crippen LogP contribution in [-0.4, -0.2) is 42.2 Å². The van der Waals surface area contributed by atoms with Crippen molar-refractivity contribution in [1.29, 1.82) is 0 Å². The predicted octanol–water partition coefficient (Wildman–Crippen LogP) is 4.95. The number of nitrogens with one attached hydrogen (secondary N) is 3. The van der Waals surface area contributed by atoms with Crippen LogP contribution in [0.5, 0.6) is 5.75 Å². The van der Waals surface area contributed by atoms with Gasteiger partial charge in [-0.3, -0.25) is 9.59 Å². The third kappa shape index (κ3) is 8.86. The summed E-state index contributed by atoms with van der Waals surface area (Å²) in [5.74, 6) is 0.259. The number of benzene rings is 3. The Morgan fingerprint density at radius 3 is 2.33 bits per heavy atom. The molecule has 4 rings (SSSR count). The molecule has 0 aromatic heterocycles. The van der Waals surface area contributed by atoms with Gasteiger partial charge in [-0.2, -0.15) is 0 Å². The maximum Gasteiger partial charge on any atom is 0.407 e. The first kappa shape index (κ1) is 28.7. The van der Waals surface area contributed by atoms with E-state index in [4.69, 9.17) is 9.47 Å². The Morgan fingerprint density at radius 2 is 1.62 bits per heavy atom. The Labute approximate surface area is 235 Å². The number of carbonyl (C=O) groups excluding carboxylic acids is 3. The van der Waals surface area contributed by atoms with Gasteiger partial charge in [-0.25, -0.2) is 4.79 Å². The minimum absolute atomic E-state index is 0.0241. The standard InChI is InChI=1S/C32H37N3O5/c1-32(2,3)40-31(38)35-28-20-26(28)24-15-10-16-25(19-24)39-18-17-27(34-29(36)23-13-8-5-9-14-23)30(37)33-21-22-11-6-4-7-12-22/h4-16,19,26-28H,17-18,20-21H2,1-3H3,(H,33,37)(H,34,36)(H,35,38). The lowest BCUT2D eigenvalue weighted by Gasteiger charge is -2.20. The molecule has 0 heterocycles. The monoisotopic (exact) mass is 543 g/mol. The van der Waals surface area contributed by atoms with E-state index in [9.17, 15) is 14.4 Å². The summed E-state index contributed by atoms with van der Waals surface area (Å²) in [5, 5.41) is 8.69. The van der Waals surface area contributed by atoms with E-state index in [0.717, 1.165) is 17.5 Å².